The predicted molar refractivity (Wildman–Crippen MR) is 133 cm³/mol. The molecule has 0 aliphatic heterocycles. The van der Waals surface area contributed by atoms with E-state index >= 15 is 0 Å². The van der Waals surface area contributed by atoms with Crippen LogP contribution in [0.4, 0.5) is 4.79 Å². The first kappa shape index (κ1) is 34.1. The third-order valence-electron chi connectivity index (χ3n) is 3.64. The van der Waals surface area contributed by atoms with Crippen LogP contribution in [0.3, 0.4) is 0 Å². The van der Waals surface area contributed by atoms with Crippen molar-refractivity contribution >= 4 is 61.3 Å². The van der Waals surface area contributed by atoms with Gasteiger partial charge in [-0.05, 0) is 44.4 Å². The average Bonchev–Trinajstić information content (AvgIpc) is 2.81. The summed E-state index contributed by atoms with van der Waals surface area (Å²) >= 11 is 5.92. The van der Waals surface area contributed by atoms with Crippen LogP contribution in [-0.2, 0) is 23.9 Å². The van der Waals surface area contributed by atoms with E-state index in [1.165, 1.54) is 6.92 Å². The minimum atomic E-state index is -1.36. The number of ketones is 2. The zero-order valence-electron chi connectivity index (χ0n) is 19.2. The van der Waals surface area contributed by atoms with Gasteiger partial charge in [-0.15, -0.1) is 0 Å². The number of alkyl halides is 2. The Morgan fingerprint density at radius 2 is 1.18 bits per heavy atom. The Kier molecular flexibility index (Phi) is 24.2. The Balaban J connectivity index is 0. The maximum atomic E-state index is 11.8. The van der Waals surface area contributed by atoms with Gasteiger partial charge in [0.05, 0.1) is 6.61 Å². The lowest BCUT2D eigenvalue weighted by atomic mass is 10.2. The maximum absolute atomic E-state index is 11.8. The number of aliphatic hydroxyl groups excluding tert-OH is 2. The van der Waals surface area contributed by atoms with Crippen LogP contribution in [0.5, 0.6) is 0 Å². The molecule has 0 aliphatic rings. The van der Waals surface area contributed by atoms with E-state index in [0.717, 1.165) is 38.5 Å². The number of rotatable bonds is 13. The summed E-state index contributed by atoms with van der Waals surface area (Å²) < 4.78 is 4.52. The SMILES string of the molecule is CCOC(=O)N(C(=O)C(=O)CCBr)C(=O)C(=O)CCBr.OCCCCC#CC#CCCCCO. The van der Waals surface area contributed by atoms with Crippen LogP contribution in [-0.4, -0.2) is 75.1 Å². The molecule has 0 saturated carbocycles. The van der Waals surface area contributed by atoms with Gasteiger partial charge in [-0.3, -0.25) is 19.2 Å². The molecule has 0 aromatic heterocycles. The zero-order chi connectivity index (χ0) is 26.2. The van der Waals surface area contributed by atoms with E-state index in [4.69, 9.17) is 10.2 Å². The van der Waals surface area contributed by atoms with E-state index in [-0.39, 0.29) is 48.2 Å². The van der Waals surface area contributed by atoms with Crippen molar-refractivity contribution in [2.75, 3.05) is 30.5 Å². The van der Waals surface area contributed by atoms with Gasteiger partial charge in [-0.1, -0.05) is 43.7 Å². The topological polar surface area (TPSA) is 138 Å². The first-order valence-electron chi connectivity index (χ1n) is 10.7. The Labute approximate surface area is 217 Å². The number of amides is 3. The van der Waals surface area contributed by atoms with E-state index in [2.05, 4.69) is 60.3 Å². The van der Waals surface area contributed by atoms with Crippen molar-refractivity contribution in [2.24, 2.45) is 0 Å². The number of carbonyl (C=O) groups is 5. The number of halogens is 2. The Morgan fingerprint density at radius 1 is 0.765 bits per heavy atom. The van der Waals surface area contributed by atoms with Crippen LogP contribution in [0.15, 0.2) is 0 Å². The second-order valence-corrected chi connectivity index (χ2v) is 7.92. The summed E-state index contributed by atoms with van der Waals surface area (Å²) in [6.07, 6.45) is 3.41. The fourth-order valence-corrected chi connectivity index (χ4v) is 2.66. The molecule has 34 heavy (non-hydrogen) atoms. The minimum Gasteiger partial charge on any atom is -0.449 e. The van der Waals surface area contributed by atoms with Gasteiger partial charge in [-0.2, -0.15) is 4.90 Å². The first-order chi connectivity index (χ1) is 16.3. The van der Waals surface area contributed by atoms with Crippen LogP contribution in [0.2, 0.25) is 0 Å². The molecule has 2 N–H and O–H groups in total. The highest BCUT2D eigenvalue weighted by molar-refractivity contribution is 9.09. The molecule has 9 nitrogen and oxygen atoms in total. The second-order valence-electron chi connectivity index (χ2n) is 6.33. The van der Waals surface area contributed by atoms with Crippen LogP contribution in [0.25, 0.3) is 0 Å². The Morgan fingerprint density at radius 3 is 1.50 bits per heavy atom. The molecule has 0 fully saturated rings. The molecule has 0 spiro atoms. The third kappa shape index (κ3) is 17.4. The number of Topliss-reactive ketones (excluding diaryl/α,β-unsaturated/α-hetero) is 2. The van der Waals surface area contributed by atoms with Crippen molar-refractivity contribution in [3.8, 4) is 23.7 Å². The van der Waals surface area contributed by atoms with Crippen molar-refractivity contribution in [1.29, 1.82) is 0 Å². The lowest BCUT2D eigenvalue weighted by Gasteiger charge is -2.16. The summed E-state index contributed by atoms with van der Waals surface area (Å²) in [6, 6.07) is 0. The summed E-state index contributed by atoms with van der Waals surface area (Å²) in [5.41, 5.74) is 0. The Bertz CT molecular complexity index is 721. The molecule has 0 bridgehead atoms. The van der Waals surface area contributed by atoms with Crippen LogP contribution in [0.1, 0.15) is 58.3 Å². The summed E-state index contributed by atoms with van der Waals surface area (Å²) in [5.74, 6) is 6.73. The fourth-order valence-electron chi connectivity index (χ4n) is 1.94. The molecule has 0 aromatic carbocycles. The van der Waals surface area contributed by atoms with Crippen molar-refractivity contribution in [2.45, 2.75) is 58.3 Å². The highest BCUT2D eigenvalue weighted by atomic mass is 79.9. The molecule has 0 atom stereocenters. The summed E-state index contributed by atoms with van der Waals surface area (Å²) in [6.45, 7) is 1.85. The molecular weight excluding hydrogens is 578 g/mol. The molecule has 190 valence electrons. The standard InChI is InChI=1S/C12H18O2.C11H13Br2NO6/c13-11-9-7-5-3-1-2-4-6-8-10-12-14;1-2-20-11(19)14(9(17)7(15)3-5-12)10(18)8(16)4-6-13/h13-14H,5-12H2;2-6H2,1H3. The molecule has 0 rings (SSSR count). The van der Waals surface area contributed by atoms with E-state index in [9.17, 15) is 24.0 Å². The molecule has 0 radical (unpaired) electrons. The molecule has 0 unspecified atom stereocenters. The number of hydrogen-bond donors (Lipinski definition) is 2. The van der Waals surface area contributed by atoms with E-state index in [1.807, 2.05) is 0 Å². The molecule has 0 aliphatic carbocycles. The molecule has 3 amide bonds. The lowest BCUT2D eigenvalue weighted by Crippen LogP contribution is -2.48. The lowest BCUT2D eigenvalue weighted by molar-refractivity contribution is -0.153. The van der Waals surface area contributed by atoms with E-state index in [0.29, 0.717) is 0 Å². The summed E-state index contributed by atoms with van der Waals surface area (Å²) in [5, 5.41) is 17.4. The highest BCUT2D eigenvalue weighted by Crippen LogP contribution is 2.04. The Hall–Kier alpha value is -2.05. The number of unbranched alkanes of at least 4 members (excludes halogenated alkanes) is 4. The predicted octanol–water partition coefficient (Wildman–Crippen LogP) is 2.52. The minimum absolute atomic E-state index is 0.0422. The van der Waals surface area contributed by atoms with Gasteiger partial charge in [0.1, 0.15) is 0 Å². The normalized spacial score (nSPS) is 9.21. The molecule has 0 saturated heterocycles. The van der Waals surface area contributed by atoms with Crippen LogP contribution in [0, 0.1) is 23.7 Å². The summed E-state index contributed by atoms with van der Waals surface area (Å²) in [4.78, 5) is 58.0. The molecule has 0 heterocycles. The second kappa shape index (κ2) is 24.1. The number of imide groups is 3. The van der Waals surface area contributed by atoms with Gasteiger partial charge >= 0.3 is 17.9 Å². The van der Waals surface area contributed by atoms with Crippen LogP contribution < -0.4 is 0 Å². The highest BCUT2D eigenvalue weighted by Gasteiger charge is 2.37. The van der Waals surface area contributed by atoms with Gasteiger partial charge in [0.15, 0.2) is 0 Å². The molecular formula is C23H31Br2NO8. The van der Waals surface area contributed by atoms with Crippen molar-refractivity contribution in [1.82, 2.24) is 4.90 Å². The monoisotopic (exact) mass is 607 g/mol. The first-order valence-corrected chi connectivity index (χ1v) is 13.0. The zero-order valence-corrected chi connectivity index (χ0v) is 22.4. The van der Waals surface area contributed by atoms with Crippen molar-refractivity contribution in [3.63, 3.8) is 0 Å². The van der Waals surface area contributed by atoms with Gasteiger partial charge in [-0.25, -0.2) is 4.79 Å². The van der Waals surface area contributed by atoms with Crippen LogP contribution >= 0.6 is 31.9 Å². The number of aliphatic hydroxyl groups is 2. The third-order valence-corrected chi connectivity index (χ3v) is 4.43. The average molecular weight is 609 g/mol. The van der Waals surface area contributed by atoms with Gasteiger partial charge < -0.3 is 14.9 Å². The van der Waals surface area contributed by atoms with Gasteiger partial charge in [0.2, 0.25) is 11.6 Å². The van der Waals surface area contributed by atoms with Crippen molar-refractivity contribution in [3.05, 3.63) is 0 Å². The fraction of sp³-hybridized carbons (Fsp3) is 0.609. The molecule has 0 aromatic rings. The smallest absolute Gasteiger partial charge is 0.424 e. The molecule has 11 heteroatoms. The van der Waals surface area contributed by atoms with E-state index in [1.54, 1.807) is 0 Å². The maximum Gasteiger partial charge on any atom is 0.424 e. The quantitative estimate of drug-likeness (QED) is 0.141. The summed E-state index contributed by atoms with van der Waals surface area (Å²) in [7, 11) is 0. The van der Waals surface area contributed by atoms with E-state index < -0.39 is 29.5 Å². The largest absolute Gasteiger partial charge is 0.449 e. The number of carbonyl (C=O) groups excluding carboxylic acids is 5. The van der Waals surface area contributed by atoms with Gasteiger partial charge in [0, 0.05) is 49.6 Å². The van der Waals surface area contributed by atoms with Gasteiger partial charge in [0.25, 0.3) is 0 Å². The number of nitrogens with zero attached hydrogens (tertiary/aromatic N) is 1. The van der Waals surface area contributed by atoms with Crippen molar-refractivity contribution < 1.29 is 38.9 Å². The number of ether oxygens (including phenoxy) is 1. The number of hydrogen-bond acceptors (Lipinski definition) is 8.